The maximum absolute atomic E-state index is 13.1. The maximum Gasteiger partial charge on any atom is 0.246 e. The minimum absolute atomic E-state index is 0.0538. The summed E-state index contributed by atoms with van der Waals surface area (Å²) in [6.45, 7) is 5.38. The molecule has 0 spiro atoms. The van der Waals surface area contributed by atoms with Crippen molar-refractivity contribution >= 4 is 17.6 Å². The molecular weight excluding hydrogens is 339 g/mol. The van der Waals surface area contributed by atoms with E-state index in [1.165, 1.54) is 12.1 Å². The number of carbonyl (C=O) groups is 1. The van der Waals surface area contributed by atoms with Crippen LogP contribution in [-0.4, -0.2) is 57.4 Å². The first-order chi connectivity index (χ1) is 12.7. The highest BCUT2D eigenvalue weighted by Gasteiger charge is 2.15. The van der Waals surface area contributed by atoms with Crippen molar-refractivity contribution in [3.8, 4) is 0 Å². The van der Waals surface area contributed by atoms with Gasteiger partial charge in [0.1, 0.15) is 12.4 Å². The molecule has 0 aliphatic carbocycles. The summed E-state index contributed by atoms with van der Waals surface area (Å²) < 4.78 is 24.1. The van der Waals surface area contributed by atoms with Gasteiger partial charge in [-0.1, -0.05) is 6.07 Å². The zero-order valence-electron chi connectivity index (χ0n) is 15.1. The van der Waals surface area contributed by atoms with Gasteiger partial charge >= 0.3 is 0 Å². The average molecular weight is 366 g/mol. The predicted octanol–water partition coefficient (Wildman–Crippen LogP) is 1.51. The van der Waals surface area contributed by atoms with E-state index in [2.05, 4.69) is 20.9 Å². The van der Waals surface area contributed by atoms with E-state index in [-0.39, 0.29) is 18.6 Å². The van der Waals surface area contributed by atoms with Crippen LogP contribution in [0.1, 0.15) is 19.8 Å². The van der Waals surface area contributed by atoms with Crippen molar-refractivity contribution in [3.05, 3.63) is 30.1 Å². The average Bonchev–Trinajstić information content (AvgIpc) is 3.12. The molecule has 144 valence electrons. The van der Waals surface area contributed by atoms with Gasteiger partial charge in [-0.2, -0.15) is 0 Å². The van der Waals surface area contributed by atoms with Gasteiger partial charge in [0.25, 0.3) is 0 Å². The predicted molar refractivity (Wildman–Crippen MR) is 98.8 cm³/mol. The van der Waals surface area contributed by atoms with E-state index in [1.807, 2.05) is 6.92 Å². The van der Waals surface area contributed by atoms with E-state index >= 15 is 0 Å². The molecule has 1 aliphatic heterocycles. The Bertz CT molecular complexity index is 592. The summed E-state index contributed by atoms with van der Waals surface area (Å²) in [4.78, 5) is 16.2. The molecule has 3 N–H and O–H groups in total. The number of amides is 1. The summed E-state index contributed by atoms with van der Waals surface area (Å²) in [6, 6.07) is 5.76. The van der Waals surface area contributed by atoms with Crippen molar-refractivity contribution in [3.63, 3.8) is 0 Å². The largest absolute Gasteiger partial charge is 0.379 e. The molecular formula is C18H27FN4O3. The lowest BCUT2D eigenvalue weighted by Gasteiger charge is -2.13. The van der Waals surface area contributed by atoms with Gasteiger partial charge in [-0.25, -0.2) is 9.38 Å². The fourth-order valence-corrected chi connectivity index (χ4v) is 2.43. The number of halogens is 1. The first kappa shape index (κ1) is 20.1. The summed E-state index contributed by atoms with van der Waals surface area (Å²) in [5.41, 5.74) is 0.413. The van der Waals surface area contributed by atoms with Gasteiger partial charge < -0.3 is 25.4 Å². The number of guanidine groups is 1. The second kappa shape index (κ2) is 11.4. The van der Waals surface area contributed by atoms with Crippen molar-refractivity contribution in [1.82, 2.24) is 10.6 Å². The van der Waals surface area contributed by atoms with Crippen LogP contribution in [0, 0.1) is 5.82 Å². The fraction of sp³-hybridized carbons (Fsp3) is 0.556. The molecule has 0 aromatic heterocycles. The lowest BCUT2D eigenvalue weighted by Crippen LogP contribution is -2.38. The molecule has 1 heterocycles. The third-order valence-electron chi connectivity index (χ3n) is 3.69. The smallest absolute Gasteiger partial charge is 0.246 e. The van der Waals surface area contributed by atoms with Gasteiger partial charge in [0.15, 0.2) is 5.96 Å². The second-order valence-corrected chi connectivity index (χ2v) is 5.89. The highest BCUT2D eigenvalue weighted by molar-refractivity contribution is 5.94. The Morgan fingerprint density at radius 3 is 3.04 bits per heavy atom. The molecule has 0 radical (unpaired) electrons. The van der Waals surface area contributed by atoms with Gasteiger partial charge in [-0.05, 0) is 38.0 Å². The number of nitrogens with zero attached hydrogens (tertiary/aromatic N) is 1. The van der Waals surface area contributed by atoms with Crippen LogP contribution in [0.4, 0.5) is 10.1 Å². The minimum atomic E-state index is -0.396. The van der Waals surface area contributed by atoms with Crippen LogP contribution in [-0.2, 0) is 14.3 Å². The normalized spacial score (nSPS) is 17.2. The first-order valence-electron chi connectivity index (χ1n) is 8.94. The highest BCUT2D eigenvalue weighted by atomic mass is 19.1. The van der Waals surface area contributed by atoms with Crippen molar-refractivity contribution in [2.24, 2.45) is 4.99 Å². The topological polar surface area (TPSA) is 84.0 Å². The number of aliphatic imine (C=N–C) groups is 1. The molecule has 1 unspecified atom stereocenters. The van der Waals surface area contributed by atoms with E-state index < -0.39 is 5.82 Å². The van der Waals surface area contributed by atoms with Crippen molar-refractivity contribution in [1.29, 1.82) is 0 Å². The second-order valence-electron chi connectivity index (χ2n) is 5.89. The Labute approximate surface area is 153 Å². The zero-order valence-corrected chi connectivity index (χ0v) is 15.1. The first-order valence-corrected chi connectivity index (χ1v) is 8.94. The van der Waals surface area contributed by atoms with Crippen LogP contribution in [0.15, 0.2) is 29.3 Å². The lowest BCUT2D eigenvalue weighted by molar-refractivity contribution is -0.114. The minimum Gasteiger partial charge on any atom is -0.379 e. The number of benzene rings is 1. The van der Waals surface area contributed by atoms with Crippen LogP contribution in [0.5, 0.6) is 0 Å². The molecule has 1 aromatic rings. The van der Waals surface area contributed by atoms with Crippen LogP contribution in [0.25, 0.3) is 0 Å². The van der Waals surface area contributed by atoms with Gasteiger partial charge in [-0.3, -0.25) is 4.79 Å². The number of hydrogen-bond donors (Lipinski definition) is 3. The Kier molecular flexibility index (Phi) is 8.85. The number of carbonyl (C=O) groups excluding carboxylic acids is 1. The van der Waals surface area contributed by atoms with E-state index in [0.29, 0.717) is 38.0 Å². The number of hydrogen-bond acceptors (Lipinski definition) is 4. The Hall–Kier alpha value is -2.19. The number of rotatable bonds is 9. The summed E-state index contributed by atoms with van der Waals surface area (Å²) in [6.07, 6.45) is 2.00. The Morgan fingerprint density at radius 1 is 1.42 bits per heavy atom. The highest BCUT2D eigenvalue weighted by Crippen LogP contribution is 2.09. The zero-order chi connectivity index (χ0) is 18.6. The van der Waals surface area contributed by atoms with Crippen molar-refractivity contribution < 1.29 is 18.7 Å². The third kappa shape index (κ3) is 7.79. The molecule has 1 saturated heterocycles. The Morgan fingerprint density at radius 2 is 2.31 bits per heavy atom. The standard InChI is InChI=1S/C18H27FN4O3/c1-2-20-18(21-8-4-9-26-16-7-10-25-13-16)22-12-17(24)23-15-6-3-5-14(19)11-15/h3,5-6,11,16H,2,4,7-10,12-13H2,1H3,(H,23,24)(H2,20,21,22). The van der Waals surface area contributed by atoms with Crippen molar-refractivity contribution in [2.75, 3.05) is 44.8 Å². The van der Waals surface area contributed by atoms with E-state index in [1.54, 1.807) is 12.1 Å². The number of anilines is 1. The van der Waals surface area contributed by atoms with E-state index in [9.17, 15) is 9.18 Å². The summed E-state index contributed by atoms with van der Waals surface area (Å²) >= 11 is 0. The van der Waals surface area contributed by atoms with Crippen LogP contribution < -0.4 is 16.0 Å². The molecule has 8 heteroatoms. The van der Waals surface area contributed by atoms with Gasteiger partial charge in [-0.15, -0.1) is 0 Å². The molecule has 1 atom stereocenters. The monoisotopic (exact) mass is 366 g/mol. The van der Waals surface area contributed by atoms with E-state index in [0.717, 1.165) is 19.4 Å². The summed E-state index contributed by atoms with van der Waals surface area (Å²) in [5.74, 6) is -0.142. The van der Waals surface area contributed by atoms with Gasteiger partial charge in [0, 0.05) is 32.0 Å². The molecule has 7 nitrogen and oxygen atoms in total. The molecule has 1 amide bonds. The SMILES string of the molecule is CCNC(=NCC(=O)Nc1cccc(F)c1)NCCCOC1CCOC1. The summed E-state index contributed by atoms with van der Waals surface area (Å²) in [7, 11) is 0. The quantitative estimate of drug-likeness (QED) is 0.351. The molecule has 0 saturated carbocycles. The molecule has 0 bridgehead atoms. The molecule has 1 aromatic carbocycles. The third-order valence-corrected chi connectivity index (χ3v) is 3.69. The fourth-order valence-electron chi connectivity index (χ4n) is 2.43. The van der Waals surface area contributed by atoms with E-state index in [4.69, 9.17) is 9.47 Å². The molecule has 1 aliphatic rings. The lowest BCUT2D eigenvalue weighted by atomic mass is 10.3. The number of nitrogens with one attached hydrogen (secondary N) is 3. The van der Waals surface area contributed by atoms with Crippen molar-refractivity contribution in [2.45, 2.75) is 25.9 Å². The maximum atomic E-state index is 13.1. The molecule has 26 heavy (non-hydrogen) atoms. The van der Waals surface area contributed by atoms with Gasteiger partial charge in [0.2, 0.25) is 5.91 Å². The molecule has 2 rings (SSSR count). The Balaban J connectivity index is 1.68. The van der Waals surface area contributed by atoms with Crippen LogP contribution in [0.3, 0.4) is 0 Å². The molecule has 1 fully saturated rings. The van der Waals surface area contributed by atoms with Crippen LogP contribution in [0.2, 0.25) is 0 Å². The number of ether oxygens (including phenoxy) is 2. The van der Waals surface area contributed by atoms with Crippen LogP contribution >= 0.6 is 0 Å². The summed E-state index contributed by atoms with van der Waals surface area (Å²) in [5, 5.41) is 8.86. The van der Waals surface area contributed by atoms with Gasteiger partial charge in [0.05, 0.1) is 12.7 Å².